The van der Waals surface area contributed by atoms with Crippen molar-refractivity contribution in [2.45, 2.75) is 34.2 Å². The largest absolute Gasteiger partial charge is 0.462 e. The smallest absolute Gasteiger partial charge is 0.348 e. The zero-order valence-corrected chi connectivity index (χ0v) is 24.9. The monoisotopic (exact) mass is 626 g/mol. The van der Waals surface area contributed by atoms with Gasteiger partial charge in [-0.25, -0.2) is 18.0 Å². The number of thiophene rings is 1. The van der Waals surface area contributed by atoms with E-state index in [1.54, 1.807) is 25.3 Å². The molecule has 3 rings (SSSR count). The Kier molecular flexibility index (Phi) is 10.1. The molecule has 3 aromatic rings. The molecule has 0 bridgehead atoms. The SMILES string of the molecule is CCOC(=O)c1sc(NC(=O)CS(=O)(=O)CC(=O)N=c2sc3cc([N+](=O)[O-])ccc3n2CC)c(C(=O)OCC)c1C. The van der Waals surface area contributed by atoms with E-state index in [0.717, 1.165) is 22.7 Å². The van der Waals surface area contributed by atoms with Crippen molar-refractivity contribution in [2.75, 3.05) is 30.0 Å². The standard InChI is InChI=1S/C24H26N4O10S3/c1-5-27-15-9-8-14(28(33)34)10-16(15)39-24(27)26-18(30)12-41(35,36)11-17(29)25-21-19(22(31)37-6-2)13(4)20(40-21)23(32)38-7-3/h8-10H,5-7,11-12H2,1-4H3,(H,25,29). The third kappa shape index (κ3) is 7.42. The number of nitrogens with one attached hydrogen (secondary N) is 1. The van der Waals surface area contributed by atoms with Gasteiger partial charge in [-0.2, -0.15) is 4.99 Å². The Hall–Kier alpha value is -3.96. The summed E-state index contributed by atoms with van der Waals surface area (Å²) in [5.41, 5.74) is 0.542. The number of amides is 2. The number of carbonyl (C=O) groups is 4. The number of ether oxygens (including phenoxy) is 2. The maximum Gasteiger partial charge on any atom is 0.348 e. The summed E-state index contributed by atoms with van der Waals surface area (Å²) in [6.07, 6.45) is 0. The number of aromatic nitrogens is 1. The molecule has 0 atom stereocenters. The Balaban J connectivity index is 1.82. The van der Waals surface area contributed by atoms with E-state index in [9.17, 15) is 37.7 Å². The molecule has 0 unspecified atom stereocenters. The van der Waals surface area contributed by atoms with Crippen molar-refractivity contribution in [3.63, 3.8) is 0 Å². The number of aryl methyl sites for hydroxylation is 1. The summed E-state index contributed by atoms with van der Waals surface area (Å²) >= 11 is 1.72. The van der Waals surface area contributed by atoms with Gasteiger partial charge in [0.25, 0.3) is 11.6 Å². The van der Waals surface area contributed by atoms with Crippen LogP contribution in [0.3, 0.4) is 0 Å². The number of nitro groups is 1. The predicted molar refractivity (Wildman–Crippen MR) is 151 cm³/mol. The quantitative estimate of drug-likeness (QED) is 0.188. The van der Waals surface area contributed by atoms with Crippen molar-refractivity contribution in [1.82, 2.24) is 4.57 Å². The van der Waals surface area contributed by atoms with E-state index < -0.39 is 50.0 Å². The second kappa shape index (κ2) is 13.1. The first-order valence-corrected chi connectivity index (χ1v) is 15.6. The minimum atomic E-state index is -4.31. The average molecular weight is 627 g/mol. The summed E-state index contributed by atoms with van der Waals surface area (Å²) in [4.78, 5) is 64.7. The highest BCUT2D eigenvalue weighted by Gasteiger charge is 2.29. The Morgan fingerprint density at radius 1 is 1.05 bits per heavy atom. The molecule has 0 aliphatic heterocycles. The van der Waals surface area contributed by atoms with Gasteiger partial charge in [-0.3, -0.25) is 19.7 Å². The van der Waals surface area contributed by atoms with Crippen LogP contribution >= 0.6 is 22.7 Å². The first-order chi connectivity index (χ1) is 19.3. The van der Waals surface area contributed by atoms with E-state index in [2.05, 4.69) is 10.3 Å². The number of non-ortho nitro benzene ring substituents is 1. The minimum Gasteiger partial charge on any atom is -0.462 e. The van der Waals surface area contributed by atoms with Gasteiger partial charge in [0.15, 0.2) is 14.6 Å². The Morgan fingerprint density at radius 2 is 1.71 bits per heavy atom. The third-order valence-corrected chi connectivity index (χ3v) is 9.07. The van der Waals surface area contributed by atoms with E-state index in [-0.39, 0.29) is 44.7 Å². The molecule has 2 aromatic heterocycles. The average Bonchev–Trinajstić information content (AvgIpc) is 3.38. The fourth-order valence-electron chi connectivity index (χ4n) is 3.75. The van der Waals surface area contributed by atoms with Crippen LogP contribution in [0.25, 0.3) is 10.2 Å². The molecule has 0 saturated heterocycles. The van der Waals surface area contributed by atoms with Gasteiger partial charge in [-0.1, -0.05) is 11.3 Å². The highest BCUT2D eigenvalue weighted by atomic mass is 32.2. The number of esters is 2. The van der Waals surface area contributed by atoms with Crippen LogP contribution in [-0.2, 0) is 35.4 Å². The molecule has 2 amide bonds. The van der Waals surface area contributed by atoms with Crippen molar-refractivity contribution in [3.05, 3.63) is 49.1 Å². The van der Waals surface area contributed by atoms with Gasteiger partial charge in [0, 0.05) is 18.7 Å². The molecule has 0 fully saturated rings. The lowest BCUT2D eigenvalue weighted by Gasteiger charge is -2.07. The Morgan fingerprint density at radius 3 is 2.32 bits per heavy atom. The molecule has 41 heavy (non-hydrogen) atoms. The molecular weight excluding hydrogens is 600 g/mol. The third-order valence-electron chi connectivity index (χ3n) is 5.45. The zero-order valence-electron chi connectivity index (χ0n) is 22.4. The molecule has 0 spiro atoms. The van der Waals surface area contributed by atoms with Crippen molar-refractivity contribution < 1.29 is 42.0 Å². The second-order valence-electron chi connectivity index (χ2n) is 8.33. The van der Waals surface area contributed by atoms with Crippen LogP contribution in [0.2, 0.25) is 0 Å². The number of hydrogen-bond donors (Lipinski definition) is 1. The number of benzene rings is 1. The van der Waals surface area contributed by atoms with Crippen molar-refractivity contribution in [1.29, 1.82) is 0 Å². The summed E-state index contributed by atoms with van der Waals surface area (Å²) < 4.78 is 37.4. The van der Waals surface area contributed by atoms with Crippen LogP contribution in [-0.4, -0.2) is 66.4 Å². The molecule has 14 nitrogen and oxygen atoms in total. The number of nitro benzene ring substituents is 1. The zero-order chi connectivity index (χ0) is 30.5. The highest BCUT2D eigenvalue weighted by molar-refractivity contribution is 7.92. The van der Waals surface area contributed by atoms with E-state index >= 15 is 0 Å². The number of anilines is 1. The van der Waals surface area contributed by atoms with Gasteiger partial charge in [0.2, 0.25) is 5.91 Å². The lowest BCUT2D eigenvalue weighted by Crippen LogP contribution is -2.28. The van der Waals surface area contributed by atoms with Gasteiger partial charge >= 0.3 is 11.9 Å². The maximum absolute atomic E-state index is 12.7. The molecular formula is C24H26N4O10S3. The van der Waals surface area contributed by atoms with Crippen molar-refractivity contribution >= 4 is 77.2 Å². The second-order valence-corrected chi connectivity index (χ2v) is 12.4. The topological polar surface area (TPSA) is 193 Å². The van der Waals surface area contributed by atoms with E-state index in [4.69, 9.17) is 9.47 Å². The molecule has 0 saturated carbocycles. The number of carbonyl (C=O) groups excluding carboxylic acids is 4. The van der Waals surface area contributed by atoms with Gasteiger partial charge in [0.1, 0.15) is 21.4 Å². The first kappa shape index (κ1) is 31.6. The summed E-state index contributed by atoms with van der Waals surface area (Å²) in [6.45, 7) is 6.86. The van der Waals surface area contributed by atoms with Crippen LogP contribution in [0.4, 0.5) is 10.7 Å². The number of hydrogen-bond acceptors (Lipinski definition) is 12. The highest BCUT2D eigenvalue weighted by Crippen LogP contribution is 2.34. The van der Waals surface area contributed by atoms with E-state index in [0.29, 0.717) is 16.8 Å². The molecule has 1 aromatic carbocycles. The van der Waals surface area contributed by atoms with E-state index in [1.165, 1.54) is 25.1 Å². The van der Waals surface area contributed by atoms with Gasteiger partial charge in [-0.05, 0) is 39.3 Å². The fraction of sp³-hybridized carbons (Fsp3) is 0.375. The van der Waals surface area contributed by atoms with Crippen LogP contribution in [0.15, 0.2) is 23.2 Å². The lowest BCUT2D eigenvalue weighted by atomic mass is 10.1. The summed E-state index contributed by atoms with van der Waals surface area (Å²) in [7, 11) is -4.31. The van der Waals surface area contributed by atoms with Crippen LogP contribution in [0.5, 0.6) is 0 Å². The van der Waals surface area contributed by atoms with Crippen molar-refractivity contribution in [2.24, 2.45) is 4.99 Å². The predicted octanol–water partition coefficient (Wildman–Crippen LogP) is 2.84. The summed E-state index contributed by atoms with van der Waals surface area (Å²) in [6, 6.07) is 4.16. The van der Waals surface area contributed by atoms with E-state index in [1.807, 2.05) is 0 Å². The first-order valence-electron chi connectivity index (χ1n) is 12.1. The number of thiazole rings is 1. The van der Waals surface area contributed by atoms with Gasteiger partial charge < -0.3 is 19.4 Å². The minimum absolute atomic E-state index is 0.0188. The van der Waals surface area contributed by atoms with Crippen LogP contribution < -0.4 is 10.1 Å². The Labute approximate surface area is 241 Å². The molecule has 0 aliphatic carbocycles. The summed E-state index contributed by atoms with van der Waals surface area (Å²) in [5, 5.41) is 13.3. The number of nitrogens with zero attached hydrogens (tertiary/aromatic N) is 3. The van der Waals surface area contributed by atoms with Crippen LogP contribution in [0.1, 0.15) is 46.4 Å². The fourth-order valence-corrected chi connectivity index (χ4v) is 7.01. The molecule has 0 aliphatic rings. The summed E-state index contributed by atoms with van der Waals surface area (Å²) in [5.74, 6) is -5.81. The van der Waals surface area contributed by atoms with Crippen molar-refractivity contribution in [3.8, 4) is 0 Å². The molecule has 2 heterocycles. The molecule has 17 heteroatoms. The molecule has 1 N–H and O–H groups in total. The maximum atomic E-state index is 12.7. The molecule has 0 radical (unpaired) electrons. The molecule has 220 valence electrons. The normalized spacial score (nSPS) is 11.9. The Bertz CT molecular complexity index is 1720. The lowest BCUT2D eigenvalue weighted by molar-refractivity contribution is -0.384. The number of fused-ring (bicyclic) bond motifs is 1. The van der Waals surface area contributed by atoms with Crippen LogP contribution in [0, 0.1) is 17.0 Å². The van der Waals surface area contributed by atoms with Gasteiger partial charge in [0.05, 0.1) is 33.9 Å². The van der Waals surface area contributed by atoms with Gasteiger partial charge in [-0.15, -0.1) is 11.3 Å². The number of sulfone groups is 1. The number of rotatable bonds is 11.